The van der Waals surface area contributed by atoms with Gasteiger partial charge >= 0.3 is 12.3 Å². The van der Waals surface area contributed by atoms with E-state index in [-0.39, 0.29) is 0 Å². The molecule has 0 bridgehead atoms. The van der Waals surface area contributed by atoms with Crippen molar-refractivity contribution >= 4 is 12.0 Å². The van der Waals surface area contributed by atoms with Crippen LogP contribution in [-0.2, 0) is 22.1 Å². The van der Waals surface area contributed by atoms with E-state index < -0.39 is 29.8 Å². The van der Waals surface area contributed by atoms with E-state index in [1.165, 1.54) is 12.1 Å². The molecule has 156 valence electrons. The van der Waals surface area contributed by atoms with Gasteiger partial charge in [-0.1, -0.05) is 49.7 Å². The summed E-state index contributed by atoms with van der Waals surface area (Å²) in [5.41, 5.74) is 6.72. The maximum Gasteiger partial charge on any atom is 0.416 e. The zero-order valence-electron chi connectivity index (χ0n) is 16.0. The number of primary amides is 1. The van der Waals surface area contributed by atoms with Gasteiger partial charge in [0, 0.05) is 6.54 Å². The third-order valence-electron chi connectivity index (χ3n) is 4.31. The number of hydrogen-bond acceptors (Lipinski definition) is 3. The average molecular weight is 408 g/mol. The summed E-state index contributed by atoms with van der Waals surface area (Å²) >= 11 is 0. The lowest BCUT2D eigenvalue weighted by molar-refractivity contribution is -0.137. The van der Waals surface area contributed by atoms with Crippen LogP contribution in [0.5, 0.6) is 0 Å². The Morgan fingerprint density at radius 3 is 2.07 bits per heavy atom. The Morgan fingerprint density at radius 2 is 1.59 bits per heavy atom. The third kappa shape index (κ3) is 6.81. The Labute approximate surface area is 167 Å². The van der Waals surface area contributed by atoms with Crippen molar-refractivity contribution < 1.29 is 27.5 Å². The predicted molar refractivity (Wildman–Crippen MR) is 103 cm³/mol. The number of benzene rings is 2. The van der Waals surface area contributed by atoms with Crippen LogP contribution in [0.15, 0.2) is 48.5 Å². The molecule has 2 amide bonds. The molecule has 8 heteroatoms. The Morgan fingerprint density at radius 1 is 1.03 bits per heavy atom. The average Bonchev–Trinajstić information content (AvgIpc) is 2.67. The third-order valence-corrected chi connectivity index (χ3v) is 4.31. The topological polar surface area (TPSA) is 81.4 Å². The summed E-state index contributed by atoms with van der Waals surface area (Å²) < 4.78 is 42.7. The van der Waals surface area contributed by atoms with E-state index in [0.29, 0.717) is 31.4 Å². The summed E-state index contributed by atoms with van der Waals surface area (Å²) in [7, 11) is 0. The first kappa shape index (κ1) is 22.3. The Balaban J connectivity index is 1.90. The van der Waals surface area contributed by atoms with E-state index in [0.717, 1.165) is 23.3 Å². The number of nitrogens with two attached hydrogens (primary N) is 1. The molecule has 0 heterocycles. The second-order valence-electron chi connectivity index (χ2n) is 6.53. The molecule has 0 aliphatic heterocycles. The van der Waals surface area contributed by atoms with E-state index in [1.54, 1.807) is 0 Å². The van der Waals surface area contributed by atoms with Crippen LogP contribution in [0.4, 0.5) is 18.0 Å². The van der Waals surface area contributed by atoms with Crippen LogP contribution in [-0.4, -0.2) is 24.6 Å². The Bertz CT molecular complexity index is 819. The molecule has 0 spiro atoms. The largest absolute Gasteiger partial charge is 0.436 e. The normalized spacial score (nSPS) is 12.3. The smallest absolute Gasteiger partial charge is 0.416 e. The highest BCUT2D eigenvalue weighted by Gasteiger charge is 2.29. The highest BCUT2D eigenvalue weighted by molar-refractivity contribution is 5.83. The van der Waals surface area contributed by atoms with Gasteiger partial charge in [0.2, 0.25) is 0 Å². The first-order chi connectivity index (χ1) is 13.7. The maximum atomic E-state index is 12.6. The maximum absolute atomic E-state index is 12.6. The van der Waals surface area contributed by atoms with Gasteiger partial charge in [-0.2, -0.15) is 13.2 Å². The first-order valence-corrected chi connectivity index (χ1v) is 9.21. The monoisotopic (exact) mass is 408 g/mol. The SMILES string of the molecule is CCC[C@H](OC(N)=O)C(=O)NCCc1ccc(-c2ccc(C(F)(F)F)cc2)cc1. The van der Waals surface area contributed by atoms with Crippen LogP contribution >= 0.6 is 0 Å². The van der Waals surface area contributed by atoms with Crippen molar-refractivity contribution in [2.24, 2.45) is 5.73 Å². The highest BCUT2D eigenvalue weighted by atomic mass is 19.4. The molecule has 0 radical (unpaired) electrons. The minimum atomic E-state index is -4.36. The van der Waals surface area contributed by atoms with Gasteiger partial charge in [-0.05, 0) is 41.7 Å². The molecule has 29 heavy (non-hydrogen) atoms. The second kappa shape index (κ2) is 9.95. The van der Waals surface area contributed by atoms with Gasteiger partial charge in [-0.25, -0.2) is 4.79 Å². The molecular weight excluding hydrogens is 385 g/mol. The van der Waals surface area contributed by atoms with Gasteiger partial charge in [0.15, 0.2) is 6.10 Å². The minimum Gasteiger partial charge on any atom is -0.436 e. The number of carbonyl (C=O) groups excluding carboxylic acids is 2. The summed E-state index contributed by atoms with van der Waals surface area (Å²) in [5, 5.41) is 2.71. The Hall–Kier alpha value is -3.03. The molecule has 2 aromatic rings. The van der Waals surface area contributed by atoms with Crippen LogP contribution < -0.4 is 11.1 Å². The van der Waals surface area contributed by atoms with Gasteiger partial charge in [0.1, 0.15) is 0 Å². The van der Waals surface area contributed by atoms with E-state index in [1.807, 2.05) is 31.2 Å². The minimum absolute atomic E-state index is 0.348. The lowest BCUT2D eigenvalue weighted by Gasteiger charge is -2.15. The van der Waals surface area contributed by atoms with Crippen LogP contribution in [0.3, 0.4) is 0 Å². The van der Waals surface area contributed by atoms with Crippen molar-refractivity contribution in [3.05, 3.63) is 59.7 Å². The number of alkyl halides is 3. The van der Waals surface area contributed by atoms with Crippen molar-refractivity contribution in [1.29, 1.82) is 0 Å². The van der Waals surface area contributed by atoms with E-state index >= 15 is 0 Å². The fourth-order valence-electron chi connectivity index (χ4n) is 2.81. The molecule has 5 nitrogen and oxygen atoms in total. The van der Waals surface area contributed by atoms with E-state index in [4.69, 9.17) is 10.5 Å². The molecule has 0 saturated heterocycles. The number of nitrogens with one attached hydrogen (secondary N) is 1. The molecule has 0 saturated carbocycles. The molecule has 0 fully saturated rings. The van der Waals surface area contributed by atoms with Gasteiger partial charge in [-0.15, -0.1) is 0 Å². The van der Waals surface area contributed by atoms with E-state index in [2.05, 4.69) is 5.32 Å². The number of rotatable bonds is 8. The van der Waals surface area contributed by atoms with Gasteiger partial charge in [-0.3, -0.25) is 4.79 Å². The number of carbonyl (C=O) groups is 2. The summed E-state index contributed by atoms with van der Waals surface area (Å²) in [6.07, 6.45) is -4.65. The second-order valence-corrected chi connectivity index (χ2v) is 6.53. The molecule has 2 aromatic carbocycles. The molecule has 0 aliphatic carbocycles. The van der Waals surface area contributed by atoms with E-state index in [9.17, 15) is 22.8 Å². The first-order valence-electron chi connectivity index (χ1n) is 9.21. The molecule has 1 atom stereocenters. The predicted octanol–water partition coefficient (Wildman–Crippen LogP) is 4.30. The standard InChI is InChI=1S/C21H23F3N2O3/c1-2-3-18(29-20(25)28)19(27)26-13-12-14-4-6-15(7-5-14)16-8-10-17(11-9-16)21(22,23)24/h4-11,18H,2-3,12-13H2,1H3,(H2,25,28)(H,26,27)/t18-/m0/s1. The van der Waals surface area contributed by atoms with Crippen LogP contribution in [0, 0.1) is 0 Å². The van der Waals surface area contributed by atoms with Gasteiger partial charge < -0.3 is 15.8 Å². The lowest BCUT2D eigenvalue weighted by Crippen LogP contribution is -2.39. The summed E-state index contributed by atoms with van der Waals surface area (Å²) in [4.78, 5) is 22.9. The number of amides is 2. The van der Waals surface area contributed by atoms with Crippen LogP contribution in [0.1, 0.15) is 30.9 Å². The molecule has 0 aromatic heterocycles. The van der Waals surface area contributed by atoms with Crippen molar-refractivity contribution in [2.75, 3.05) is 6.54 Å². The quantitative estimate of drug-likeness (QED) is 0.684. The zero-order valence-corrected chi connectivity index (χ0v) is 16.0. The summed E-state index contributed by atoms with van der Waals surface area (Å²) in [5.74, 6) is -0.396. The number of halogens is 3. The van der Waals surface area contributed by atoms with Crippen molar-refractivity contribution in [2.45, 2.75) is 38.5 Å². The van der Waals surface area contributed by atoms with Gasteiger partial charge in [0.25, 0.3) is 5.91 Å². The van der Waals surface area contributed by atoms with Crippen LogP contribution in [0.2, 0.25) is 0 Å². The van der Waals surface area contributed by atoms with Crippen molar-refractivity contribution in [1.82, 2.24) is 5.32 Å². The van der Waals surface area contributed by atoms with Crippen molar-refractivity contribution in [3.8, 4) is 11.1 Å². The Kier molecular flexibility index (Phi) is 7.64. The number of ether oxygens (including phenoxy) is 1. The van der Waals surface area contributed by atoms with Crippen molar-refractivity contribution in [3.63, 3.8) is 0 Å². The summed E-state index contributed by atoms with van der Waals surface area (Å²) in [6.45, 7) is 2.21. The lowest BCUT2D eigenvalue weighted by atomic mass is 10.0. The molecule has 0 unspecified atom stereocenters. The molecule has 3 N–H and O–H groups in total. The zero-order chi connectivity index (χ0) is 21.4. The molecule has 2 rings (SSSR count). The number of hydrogen-bond donors (Lipinski definition) is 2. The fourth-order valence-corrected chi connectivity index (χ4v) is 2.81. The van der Waals surface area contributed by atoms with Gasteiger partial charge in [0.05, 0.1) is 5.56 Å². The van der Waals surface area contributed by atoms with Crippen LogP contribution in [0.25, 0.3) is 11.1 Å². The molecular formula is C21H23F3N2O3. The fraction of sp³-hybridized carbons (Fsp3) is 0.333. The summed E-state index contributed by atoms with van der Waals surface area (Å²) in [6, 6.07) is 12.3. The molecule has 0 aliphatic rings. The highest BCUT2D eigenvalue weighted by Crippen LogP contribution is 2.31.